The van der Waals surface area contributed by atoms with Crippen molar-refractivity contribution in [2.45, 2.75) is 206 Å². The molecule has 0 heterocycles. The molecule has 2 N–H and O–H groups in total. The van der Waals surface area contributed by atoms with Gasteiger partial charge in [-0.1, -0.05) is 161 Å². The number of nitrogens with zero attached hydrogens (tertiary/aromatic N) is 1. The summed E-state index contributed by atoms with van der Waals surface area (Å²) < 4.78 is 0.785. The maximum absolute atomic E-state index is 13.0. The normalized spacial score (nSPS) is 12.5. The Bertz CT molecular complexity index is 700. The fraction of sp³-hybridized carbons (Fsp3) is 0.902. The highest BCUT2D eigenvalue weighted by molar-refractivity contribution is 5.87. The highest BCUT2D eigenvalue weighted by Crippen LogP contribution is 2.13. The number of carbonyl (C=O) groups excluding carboxylic acids is 2. The quantitative estimate of drug-likeness (QED) is 0.0408. The van der Waals surface area contributed by atoms with E-state index in [1.54, 1.807) is 0 Å². The molecule has 0 aromatic carbocycles. The highest BCUT2D eigenvalue weighted by Gasteiger charge is 2.23. The number of quaternary nitrogens is 1. The van der Waals surface area contributed by atoms with Crippen molar-refractivity contribution in [2.24, 2.45) is 0 Å². The molecule has 1 atom stereocenters. The van der Waals surface area contributed by atoms with Crippen LogP contribution in [-0.4, -0.2) is 56.6 Å². The van der Waals surface area contributed by atoms with Crippen LogP contribution in [0.1, 0.15) is 200 Å². The first-order valence-corrected chi connectivity index (χ1v) is 20.3. The van der Waals surface area contributed by atoms with Gasteiger partial charge in [0, 0.05) is 19.4 Å². The molecule has 0 radical (unpaired) electrons. The molecule has 0 aliphatic heterocycles. The van der Waals surface area contributed by atoms with Gasteiger partial charge in [0.25, 0.3) is 0 Å². The Morgan fingerprint density at radius 1 is 0.543 bits per heavy atom. The largest absolute Gasteiger partial charge is 0.354 e. The number of carbonyl (C=O) groups is 2. The van der Waals surface area contributed by atoms with Gasteiger partial charge < -0.3 is 15.1 Å². The minimum Gasteiger partial charge on any atom is -0.354 e. The third kappa shape index (κ3) is 34.0. The molecule has 0 rings (SSSR count). The van der Waals surface area contributed by atoms with Crippen molar-refractivity contribution in [3.05, 3.63) is 12.2 Å². The molecular weight excluding hydrogens is 566 g/mol. The second-order valence-electron chi connectivity index (χ2n) is 15.1. The average molecular weight is 649 g/mol. The van der Waals surface area contributed by atoms with E-state index in [1.165, 1.54) is 154 Å². The lowest BCUT2D eigenvalue weighted by molar-refractivity contribution is -0.870. The molecule has 46 heavy (non-hydrogen) atoms. The van der Waals surface area contributed by atoms with Gasteiger partial charge in [-0.3, -0.25) is 9.59 Å². The van der Waals surface area contributed by atoms with E-state index in [0.717, 1.165) is 30.3 Å². The summed E-state index contributed by atoms with van der Waals surface area (Å²) in [5.41, 5.74) is 0. The lowest BCUT2D eigenvalue weighted by Gasteiger charge is -2.27. The summed E-state index contributed by atoms with van der Waals surface area (Å²) >= 11 is 0. The molecule has 0 aromatic heterocycles. The lowest BCUT2D eigenvalue weighted by atomic mass is 10.0. The van der Waals surface area contributed by atoms with Gasteiger partial charge in [-0.05, 0) is 38.5 Å². The van der Waals surface area contributed by atoms with E-state index >= 15 is 0 Å². The smallest absolute Gasteiger partial charge is 0.242 e. The third-order valence-electron chi connectivity index (χ3n) is 9.24. The molecule has 5 heteroatoms. The van der Waals surface area contributed by atoms with Gasteiger partial charge in [-0.25, -0.2) is 0 Å². The molecule has 0 aliphatic carbocycles. The van der Waals surface area contributed by atoms with E-state index in [1.807, 2.05) is 0 Å². The zero-order valence-electron chi connectivity index (χ0n) is 31.9. The SMILES string of the molecule is CCCCCCCCC=CCCCCCCCC(=O)NC(CC[N+](C)(C)C)C(=O)NCCCCCCCCCCCCCCCC. The van der Waals surface area contributed by atoms with E-state index in [-0.39, 0.29) is 11.8 Å². The number of unbranched alkanes of at least 4 members (excludes halogenated alkanes) is 24. The second kappa shape index (κ2) is 33.5. The second-order valence-corrected chi connectivity index (χ2v) is 15.1. The Hall–Kier alpha value is -1.36. The van der Waals surface area contributed by atoms with E-state index in [0.29, 0.717) is 19.4 Å². The molecule has 272 valence electrons. The molecule has 2 amide bonds. The van der Waals surface area contributed by atoms with Crippen LogP contribution in [0, 0.1) is 0 Å². The summed E-state index contributed by atoms with van der Waals surface area (Å²) in [5, 5.41) is 6.19. The van der Waals surface area contributed by atoms with Crippen LogP contribution in [-0.2, 0) is 9.59 Å². The fourth-order valence-corrected chi connectivity index (χ4v) is 6.06. The van der Waals surface area contributed by atoms with Gasteiger partial charge >= 0.3 is 0 Å². The maximum Gasteiger partial charge on any atom is 0.242 e. The topological polar surface area (TPSA) is 58.2 Å². The number of allylic oxidation sites excluding steroid dienone is 2. The molecule has 0 bridgehead atoms. The summed E-state index contributed by atoms with van der Waals surface area (Å²) in [7, 11) is 6.41. The van der Waals surface area contributed by atoms with Crippen LogP contribution in [0.2, 0.25) is 0 Å². The summed E-state index contributed by atoms with van der Waals surface area (Å²) in [5.74, 6) is 0.0109. The molecular formula is C41H82N3O2+. The van der Waals surface area contributed by atoms with E-state index in [4.69, 9.17) is 0 Å². The minimum absolute atomic E-state index is 0.0129. The first-order valence-electron chi connectivity index (χ1n) is 20.3. The van der Waals surface area contributed by atoms with Crippen LogP contribution < -0.4 is 10.6 Å². The molecule has 0 saturated heterocycles. The van der Waals surface area contributed by atoms with Gasteiger partial charge in [-0.2, -0.15) is 0 Å². The van der Waals surface area contributed by atoms with Crippen molar-refractivity contribution in [2.75, 3.05) is 34.2 Å². The summed E-state index contributed by atoms with van der Waals surface area (Å²) in [4.78, 5) is 25.7. The molecule has 0 saturated carbocycles. The predicted octanol–water partition coefficient (Wildman–Crippen LogP) is 11.2. The molecule has 0 aromatic rings. The first-order chi connectivity index (χ1) is 22.3. The van der Waals surface area contributed by atoms with Crippen LogP contribution >= 0.6 is 0 Å². The van der Waals surface area contributed by atoms with Crippen molar-refractivity contribution < 1.29 is 14.1 Å². The van der Waals surface area contributed by atoms with Crippen molar-refractivity contribution in [3.8, 4) is 0 Å². The van der Waals surface area contributed by atoms with Gasteiger partial charge in [-0.15, -0.1) is 0 Å². The Balaban J connectivity index is 3.96. The number of rotatable bonds is 35. The Labute approximate surface area is 288 Å². The number of amides is 2. The van der Waals surface area contributed by atoms with Crippen molar-refractivity contribution in [1.82, 2.24) is 10.6 Å². The number of hydrogen-bond acceptors (Lipinski definition) is 2. The van der Waals surface area contributed by atoms with Crippen LogP contribution in [0.5, 0.6) is 0 Å². The predicted molar refractivity (Wildman–Crippen MR) is 202 cm³/mol. The number of hydrogen-bond donors (Lipinski definition) is 2. The van der Waals surface area contributed by atoms with Crippen LogP contribution in [0.4, 0.5) is 0 Å². The molecule has 5 nitrogen and oxygen atoms in total. The maximum atomic E-state index is 13.0. The van der Waals surface area contributed by atoms with Crippen LogP contribution in [0.25, 0.3) is 0 Å². The van der Waals surface area contributed by atoms with Crippen molar-refractivity contribution in [1.29, 1.82) is 0 Å². The summed E-state index contributed by atoms with van der Waals surface area (Å²) in [6.45, 7) is 6.11. The standard InChI is InChI=1S/C41H81N3O2/c1-6-8-10-12-14-16-18-20-22-23-25-27-29-31-33-35-40(45)43-39(36-38-44(3,4)5)41(46)42-37-34-32-30-28-26-24-21-19-17-15-13-11-9-7-2/h20,22,39H,6-19,21,23-38H2,1-5H3,(H-,42,43,45,46)/p+1. The summed E-state index contributed by atoms with van der Waals surface area (Å²) in [6.07, 6.45) is 40.9. The first kappa shape index (κ1) is 44.6. The van der Waals surface area contributed by atoms with E-state index < -0.39 is 6.04 Å². The molecule has 0 spiro atoms. The third-order valence-corrected chi connectivity index (χ3v) is 9.24. The zero-order chi connectivity index (χ0) is 34.0. The van der Waals surface area contributed by atoms with Gasteiger partial charge in [0.1, 0.15) is 6.04 Å². The number of nitrogens with one attached hydrogen (secondary N) is 2. The van der Waals surface area contributed by atoms with Crippen LogP contribution in [0.15, 0.2) is 12.2 Å². The van der Waals surface area contributed by atoms with Crippen molar-refractivity contribution in [3.63, 3.8) is 0 Å². The average Bonchev–Trinajstić information content (AvgIpc) is 3.02. The molecule has 0 aliphatic rings. The Kier molecular flexibility index (Phi) is 32.5. The minimum atomic E-state index is -0.431. The van der Waals surface area contributed by atoms with E-state index in [9.17, 15) is 9.59 Å². The monoisotopic (exact) mass is 649 g/mol. The Morgan fingerprint density at radius 2 is 0.935 bits per heavy atom. The summed E-state index contributed by atoms with van der Waals surface area (Å²) in [6, 6.07) is -0.431. The van der Waals surface area contributed by atoms with E-state index in [2.05, 4.69) is 57.8 Å². The molecule has 1 unspecified atom stereocenters. The lowest BCUT2D eigenvalue weighted by Crippen LogP contribution is -2.49. The Morgan fingerprint density at radius 3 is 1.37 bits per heavy atom. The zero-order valence-corrected chi connectivity index (χ0v) is 31.9. The van der Waals surface area contributed by atoms with Crippen LogP contribution in [0.3, 0.4) is 0 Å². The van der Waals surface area contributed by atoms with Crippen molar-refractivity contribution >= 4 is 11.8 Å². The molecule has 0 fully saturated rings. The fourth-order valence-electron chi connectivity index (χ4n) is 6.06. The van der Waals surface area contributed by atoms with Gasteiger partial charge in [0.15, 0.2) is 0 Å². The van der Waals surface area contributed by atoms with Gasteiger partial charge in [0.2, 0.25) is 11.8 Å². The van der Waals surface area contributed by atoms with Gasteiger partial charge in [0.05, 0.1) is 27.7 Å². The highest BCUT2D eigenvalue weighted by atomic mass is 16.2.